The Bertz CT molecular complexity index is 944. The summed E-state index contributed by atoms with van der Waals surface area (Å²) in [5.74, 6) is 0.102. The second kappa shape index (κ2) is 7.32. The van der Waals surface area contributed by atoms with E-state index >= 15 is 0 Å². The molecule has 1 aliphatic rings. The minimum Gasteiger partial charge on any atom is -0.353 e. The van der Waals surface area contributed by atoms with Gasteiger partial charge in [0.25, 0.3) is 5.91 Å². The van der Waals surface area contributed by atoms with Gasteiger partial charge >= 0.3 is 0 Å². The van der Waals surface area contributed by atoms with Crippen molar-refractivity contribution in [2.75, 3.05) is 13.1 Å². The third kappa shape index (κ3) is 3.52. The van der Waals surface area contributed by atoms with Crippen molar-refractivity contribution in [3.8, 4) is 11.4 Å². The highest BCUT2D eigenvalue weighted by molar-refractivity contribution is 5.96. The summed E-state index contributed by atoms with van der Waals surface area (Å²) >= 11 is 0. The van der Waals surface area contributed by atoms with Gasteiger partial charge < -0.3 is 14.7 Å². The number of carbonyl (C=O) groups excluding carboxylic acids is 2. The zero-order chi connectivity index (χ0) is 18.6. The van der Waals surface area contributed by atoms with Gasteiger partial charge in [-0.05, 0) is 0 Å². The van der Waals surface area contributed by atoms with Gasteiger partial charge in [0, 0.05) is 31.0 Å². The predicted molar refractivity (Wildman–Crippen MR) is 93.3 cm³/mol. The van der Waals surface area contributed by atoms with Crippen molar-refractivity contribution in [3.63, 3.8) is 0 Å². The van der Waals surface area contributed by atoms with Crippen LogP contribution in [0.25, 0.3) is 11.4 Å². The van der Waals surface area contributed by atoms with E-state index in [2.05, 4.69) is 25.4 Å². The molecule has 1 aliphatic heterocycles. The van der Waals surface area contributed by atoms with E-state index in [1.165, 1.54) is 23.5 Å². The number of aromatic nitrogens is 4. The zero-order valence-corrected chi connectivity index (χ0v) is 14.3. The van der Waals surface area contributed by atoms with Gasteiger partial charge in [0.1, 0.15) is 11.7 Å². The Morgan fingerprint density at radius 2 is 2.11 bits per heavy atom. The van der Waals surface area contributed by atoms with Gasteiger partial charge in [0.05, 0.1) is 12.6 Å². The summed E-state index contributed by atoms with van der Waals surface area (Å²) < 4.78 is 5.30. The second-order valence-corrected chi connectivity index (χ2v) is 5.98. The maximum absolute atomic E-state index is 12.7. The van der Waals surface area contributed by atoms with E-state index in [0.29, 0.717) is 18.9 Å². The van der Waals surface area contributed by atoms with E-state index in [0.717, 1.165) is 5.56 Å². The van der Waals surface area contributed by atoms with Crippen LogP contribution >= 0.6 is 0 Å². The van der Waals surface area contributed by atoms with Crippen LogP contribution in [0.15, 0.2) is 53.4 Å². The van der Waals surface area contributed by atoms with Crippen molar-refractivity contribution in [2.24, 2.45) is 0 Å². The zero-order valence-electron chi connectivity index (χ0n) is 14.3. The van der Waals surface area contributed by atoms with Gasteiger partial charge in [-0.15, -0.1) is 0 Å². The lowest BCUT2D eigenvalue weighted by Gasteiger charge is -2.34. The molecule has 0 radical (unpaired) electrons. The molecule has 1 fully saturated rings. The number of nitrogens with zero attached hydrogens (tertiary/aromatic N) is 5. The third-order valence-electron chi connectivity index (χ3n) is 4.24. The monoisotopic (exact) mass is 364 g/mol. The van der Waals surface area contributed by atoms with Crippen LogP contribution in [0.2, 0.25) is 0 Å². The molecule has 3 aromatic rings. The number of hydrogen-bond donors (Lipinski definition) is 1. The van der Waals surface area contributed by atoms with E-state index in [4.69, 9.17) is 4.52 Å². The van der Waals surface area contributed by atoms with Gasteiger partial charge in [0.2, 0.25) is 17.6 Å². The van der Waals surface area contributed by atoms with E-state index in [1.54, 1.807) is 0 Å². The van der Waals surface area contributed by atoms with Gasteiger partial charge in [-0.1, -0.05) is 35.5 Å². The molecule has 3 heterocycles. The van der Waals surface area contributed by atoms with Crippen molar-refractivity contribution in [1.29, 1.82) is 0 Å². The molecule has 0 aliphatic carbocycles. The fraction of sp³-hybridized carbons (Fsp3) is 0.222. The highest BCUT2D eigenvalue weighted by Crippen LogP contribution is 2.18. The van der Waals surface area contributed by atoms with Crippen LogP contribution in [-0.2, 0) is 11.2 Å². The average Bonchev–Trinajstić information content (AvgIpc) is 3.19. The normalized spacial score (nSPS) is 16.8. The smallest absolute Gasteiger partial charge is 0.274 e. The van der Waals surface area contributed by atoms with Crippen molar-refractivity contribution < 1.29 is 14.1 Å². The van der Waals surface area contributed by atoms with Crippen LogP contribution in [0, 0.1) is 0 Å². The van der Waals surface area contributed by atoms with E-state index < -0.39 is 6.04 Å². The SMILES string of the molecule is O=C1NCCN(C(=O)c2cnccn2)C1Cc1nc(-c2ccccc2)no1. The van der Waals surface area contributed by atoms with Crippen LogP contribution in [0.5, 0.6) is 0 Å². The molecule has 1 unspecified atom stereocenters. The molecule has 2 amide bonds. The van der Waals surface area contributed by atoms with E-state index in [1.807, 2.05) is 30.3 Å². The molecule has 27 heavy (non-hydrogen) atoms. The third-order valence-corrected chi connectivity index (χ3v) is 4.24. The summed E-state index contributed by atoms with van der Waals surface area (Å²) in [5, 5.41) is 6.73. The number of nitrogens with one attached hydrogen (secondary N) is 1. The summed E-state index contributed by atoms with van der Waals surface area (Å²) in [4.78, 5) is 38.9. The molecular formula is C18H16N6O3. The van der Waals surface area contributed by atoms with Crippen molar-refractivity contribution in [1.82, 2.24) is 30.3 Å². The molecule has 1 aromatic carbocycles. The quantitative estimate of drug-likeness (QED) is 0.725. The Balaban J connectivity index is 1.56. The highest BCUT2D eigenvalue weighted by Gasteiger charge is 2.35. The summed E-state index contributed by atoms with van der Waals surface area (Å²) in [6.07, 6.45) is 4.43. The number of piperazine rings is 1. The minimum atomic E-state index is -0.752. The molecule has 136 valence electrons. The number of hydrogen-bond acceptors (Lipinski definition) is 7. The molecule has 0 bridgehead atoms. The second-order valence-electron chi connectivity index (χ2n) is 5.98. The average molecular weight is 364 g/mol. The highest BCUT2D eigenvalue weighted by atomic mass is 16.5. The molecule has 0 saturated carbocycles. The number of carbonyl (C=O) groups is 2. The Morgan fingerprint density at radius 3 is 2.89 bits per heavy atom. The number of benzene rings is 1. The molecule has 0 spiro atoms. The number of rotatable bonds is 4. The van der Waals surface area contributed by atoms with Crippen LogP contribution in [0.1, 0.15) is 16.4 Å². The van der Waals surface area contributed by atoms with E-state index in [9.17, 15) is 9.59 Å². The maximum Gasteiger partial charge on any atom is 0.274 e. The Morgan fingerprint density at radius 1 is 1.26 bits per heavy atom. The maximum atomic E-state index is 12.7. The van der Waals surface area contributed by atoms with Crippen LogP contribution in [-0.4, -0.2) is 56.0 Å². The molecule has 1 saturated heterocycles. The molecule has 2 aromatic heterocycles. The first-order valence-electron chi connectivity index (χ1n) is 8.45. The molecule has 9 nitrogen and oxygen atoms in total. The number of amides is 2. The molecule has 1 N–H and O–H groups in total. The minimum absolute atomic E-state index is 0.123. The summed E-state index contributed by atoms with van der Waals surface area (Å²) in [6, 6.07) is 8.63. The summed E-state index contributed by atoms with van der Waals surface area (Å²) in [5.41, 5.74) is 1.00. The summed E-state index contributed by atoms with van der Waals surface area (Å²) in [7, 11) is 0. The van der Waals surface area contributed by atoms with E-state index in [-0.39, 0.29) is 29.8 Å². The predicted octanol–water partition coefficient (Wildman–Crippen LogP) is 0.710. The van der Waals surface area contributed by atoms with Gasteiger partial charge in [0.15, 0.2) is 0 Å². The van der Waals surface area contributed by atoms with Gasteiger partial charge in [-0.3, -0.25) is 14.6 Å². The van der Waals surface area contributed by atoms with Gasteiger partial charge in [-0.2, -0.15) is 4.98 Å². The lowest BCUT2D eigenvalue weighted by molar-refractivity contribution is -0.128. The molecule has 1 atom stereocenters. The van der Waals surface area contributed by atoms with Gasteiger partial charge in [-0.25, -0.2) is 4.98 Å². The Labute approximate surface area is 154 Å². The first-order chi connectivity index (χ1) is 13.2. The largest absolute Gasteiger partial charge is 0.353 e. The molecular weight excluding hydrogens is 348 g/mol. The Hall–Kier alpha value is -3.62. The first kappa shape index (κ1) is 16.8. The standard InChI is InChI=1S/C18H16N6O3/c25-17-14(10-15-22-16(23-27-15)12-4-2-1-3-5-12)24(9-8-21-17)18(26)13-11-19-6-7-20-13/h1-7,11,14H,8-10H2,(H,21,25). The lowest BCUT2D eigenvalue weighted by atomic mass is 10.1. The van der Waals surface area contributed by atoms with Crippen LogP contribution in [0.3, 0.4) is 0 Å². The topological polar surface area (TPSA) is 114 Å². The lowest BCUT2D eigenvalue weighted by Crippen LogP contribution is -2.58. The van der Waals surface area contributed by atoms with Crippen LogP contribution < -0.4 is 5.32 Å². The fourth-order valence-electron chi connectivity index (χ4n) is 2.93. The Kier molecular flexibility index (Phi) is 4.56. The van der Waals surface area contributed by atoms with Crippen molar-refractivity contribution in [2.45, 2.75) is 12.5 Å². The summed E-state index contributed by atoms with van der Waals surface area (Å²) in [6.45, 7) is 0.742. The fourth-order valence-corrected chi connectivity index (χ4v) is 2.93. The van der Waals surface area contributed by atoms with Crippen molar-refractivity contribution >= 4 is 11.8 Å². The first-order valence-corrected chi connectivity index (χ1v) is 8.45. The van der Waals surface area contributed by atoms with Crippen molar-refractivity contribution in [3.05, 3.63) is 60.5 Å². The molecule has 4 rings (SSSR count). The van der Waals surface area contributed by atoms with Crippen LogP contribution in [0.4, 0.5) is 0 Å². The molecule has 9 heteroatoms.